The van der Waals surface area contributed by atoms with Gasteiger partial charge in [-0.2, -0.15) is 11.8 Å². The lowest BCUT2D eigenvalue weighted by atomic mass is 10.2. The van der Waals surface area contributed by atoms with Crippen molar-refractivity contribution in [1.82, 2.24) is 15.0 Å². The molecular formula is C20H16FN3OS2. The fourth-order valence-electron chi connectivity index (χ4n) is 2.70. The molecule has 0 saturated heterocycles. The first-order valence-corrected chi connectivity index (χ1v) is 10.4. The second kappa shape index (κ2) is 8.02. The fraction of sp³-hybridized carbons (Fsp3) is 0.150. The number of hydrogen-bond acceptors (Lipinski definition) is 5. The van der Waals surface area contributed by atoms with E-state index in [1.807, 2.05) is 24.3 Å². The van der Waals surface area contributed by atoms with Gasteiger partial charge in [0.05, 0.1) is 11.3 Å². The second-order valence-electron chi connectivity index (χ2n) is 5.97. The van der Waals surface area contributed by atoms with Crippen molar-refractivity contribution >= 4 is 33.3 Å². The molecule has 0 radical (unpaired) electrons. The van der Waals surface area contributed by atoms with E-state index >= 15 is 0 Å². The maximum atomic E-state index is 13.1. The minimum atomic E-state index is -0.277. The summed E-state index contributed by atoms with van der Waals surface area (Å²) >= 11 is 3.09. The topological polar surface area (TPSA) is 58.6 Å². The summed E-state index contributed by atoms with van der Waals surface area (Å²) in [6, 6.07) is 14.0. The Balaban J connectivity index is 1.48. The number of H-pyrrole nitrogens is 1. The van der Waals surface area contributed by atoms with Gasteiger partial charge < -0.3 is 4.98 Å². The first-order valence-electron chi connectivity index (χ1n) is 8.45. The van der Waals surface area contributed by atoms with E-state index < -0.39 is 0 Å². The lowest BCUT2D eigenvalue weighted by molar-refractivity contribution is 0.628. The number of thioether (sulfide) groups is 1. The Hall–Kier alpha value is -2.51. The number of aromatic nitrogens is 3. The van der Waals surface area contributed by atoms with Crippen LogP contribution in [0.2, 0.25) is 0 Å². The van der Waals surface area contributed by atoms with Gasteiger partial charge in [0.15, 0.2) is 0 Å². The quantitative estimate of drug-likeness (QED) is 0.481. The summed E-state index contributed by atoms with van der Waals surface area (Å²) in [6.45, 7) is 0. The number of nitrogens with zero attached hydrogens (tertiary/aromatic N) is 2. The van der Waals surface area contributed by atoms with Crippen molar-refractivity contribution in [2.24, 2.45) is 0 Å². The molecule has 27 heavy (non-hydrogen) atoms. The van der Waals surface area contributed by atoms with Crippen LogP contribution in [0.4, 0.5) is 4.39 Å². The summed E-state index contributed by atoms with van der Waals surface area (Å²) in [5, 5.41) is 0. The van der Waals surface area contributed by atoms with E-state index in [2.05, 4.69) is 15.0 Å². The molecule has 0 aliphatic rings. The van der Waals surface area contributed by atoms with Crippen LogP contribution in [0.25, 0.3) is 20.7 Å². The second-order valence-corrected chi connectivity index (χ2v) is 8.13. The van der Waals surface area contributed by atoms with Crippen molar-refractivity contribution in [2.75, 3.05) is 5.75 Å². The van der Waals surface area contributed by atoms with E-state index in [4.69, 9.17) is 0 Å². The number of thiophene rings is 1. The molecule has 0 atom stereocenters. The maximum Gasteiger partial charge on any atom is 0.268 e. The molecule has 3 aromatic heterocycles. The van der Waals surface area contributed by atoms with Gasteiger partial charge in [0.25, 0.3) is 5.56 Å². The third-order valence-corrected chi connectivity index (χ3v) is 6.17. The zero-order valence-electron chi connectivity index (χ0n) is 14.3. The van der Waals surface area contributed by atoms with E-state index in [1.54, 1.807) is 30.1 Å². The zero-order chi connectivity index (χ0) is 18.6. The number of aromatic amines is 1. The average Bonchev–Trinajstić information content (AvgIpc) is 3.11. The number of pyridine rings is 1. The molecule has 4 aromatic rings. The van der Waals surface area contributed by atoms with E-state index in [9.17, 15) is 9.18 Å². The van der Waals surface area contributed by atoms with Gasteiger partial charge in [-0.1, -0.05) is 18.2 Å². The first-order chi connectivity index (χ1) is 13.2. The van der Waals surface area contributed by atoms with Crippen LogP contribution in [0.15, 0.2) is 59.5 Å². The fourth-order valence-corrected chi connectivity index (χ4v) is 4.53. The lowest BCUT2D eigenvalue weighted by Gasteiger charge is -2.02. The number of benzene rings is 1. The van der Waals surface area contributed by atoms with Crippen LogP contribution in [-0.2, 0) is 12.2 Å². The highest BCUT2D eigenvalue weighted by molar-refractivity contribution is 7.98. The molecule has 1 aromatic carbocycles. The van der Waals surface area contributed by atoms with Crippen molar-refractivity contribution in [2.45, 2.75) is 12.2 Å². The Bertz CT molecular complexity index is 1110. The minimum Gasteiger partial charge on any atom is -0.309 e. The summed E-state index contributed by atoms with van der Waals surface area (Å²) in [4.78, 5) is 25.1. The minimum absolute atomic E-state index is 0.126. The van der Waals surface area contributed by atoms with Crippen LogP contribution in [0, 0.1) is 5.82 Å². The van der Waals surface area contributed by atoms with Gasteiger partial charge in [0.2, 0.25) is 0 Å². The molecule has 136 valence electrons. The molecule has 0 fully saturated rings. The molecule has 0 saturated carbocycles. The highest BCUT2D eigenvalue weighted by Gasteiger charge is 2.10. The highest BCUT2D eigenvalue weighted by atomic mass is 32.2. The molecule has 0 unspecified atom stereocenters. The molecule has 7 heteroatoms. The maximum absolute atomic E-state index is 13.1. The van der Waals surface area contributed by atoms with E-state index in [-0.39, 0.29) is 11.4 Å². The summed E-state index contributed by atoms with van der Waals surface area (Å²) in [7, 11) is 0. The molecule has 4 nitrogen and oxygen atoms in total. The number of fused-ring (bicyclic) bond motifs is 1. The third kappa shape index (κ3) is 4.26. The Morgan fingerprint density at radius 2 is 2.00 bits per heavy atom. The first kappa shape index (κ1) is 17.9. The number of rotatable bonds is 6. The molecular weight excluding hydrogens is 381 g/mol. The van der Waals surface area contributed by atoms with E-state index in [1.165, 1.54) is 23.5 Å². The SMILES string of the molecule is O=c1[nH]c(CSCCc2ccccn2)nc2cc(-c3ccc(F)cc3)sc12. The molecule has 3 heterocycles. The van der Waals surface area contributed by atoms with E-state index in [0.29, 0.717) is 21.8 Å². The van der Waals surface area contributed by atoms with Crippen LogP contribution < -0.4 is 5.56 Å². The van der Waals surface area contributed by atoms with Crippen molar-refractivity contribution in [3.05, 3.63) is 82.4 Å². The van der Waals surface area contributed by atoms with Gasteiger partial charge in [-0.25, -0.2) is 9.37 Å². The van der Waals surface area contributed by atoms with Gasteiger partial charge in [-0.15, -0.1) is 11.3 Å². The van der Waals surface area contributed by atoms with Gasteiger partial charge in [-0.3, -0.25) is 9.78 Å². The van der Waals surface area contributed by atoms with Crippen molar-refractivity contribution in [1.29, 1.82) is 0 Å². The van der Waals surface area contributed by atoms with Crippen LogP contribution in [-0.4, -0.2) is 20.7 Å². The predicted molar refractivity (Wildman–Crippen MR) is 110 cm³/mol. The predicted octanol–water partition coefficient (Wildman–Crippen LogP) is 4.66. The summed E-state index contributed by atoms with van der Waals surface area (Å²) in [5.74, 6) is 1.94. The number of hydrogen-bond donors (Lipinski definition) is 1. The molecule has 0 spiro atoms. The zero-order valence-corrected chi connectivity index (χ0v) is 15.9. The van der Waals surface area contributed by atoms with Crippen LogP contribution in [0.5, 0.6) is 0 Å². The molecule has 1 N–H and O–H groups in total. The largest absolute Gasteiger partial charge is 0.309 e. The standard InChI is InChI=1S/C20H16FN3OS2/c21-14-6-4-13(5-7-14)17-11-16-19(27-17)20(25)24-18(23-16)12-26-10-8-15-3-1-2-9-22-15/h1-7,9,11H,8,10,12H2,(H,23,24,25). The van der Waals surface area contributed by atoms with Crippen LogP contribution in [0.1, 0.15) is 11.5 Å². The van der Waals surface area contributed by atoms with Gasteiger partial charge >= 0.3 is 0 Å². The molecule has 0 amide bonds. The Morgan fingerprint density at radius 1 is 1.15 bits per heavy atom. The van der Waals surface area contributed by atoms with Crippen molar-refractivity contribution < 1.29 is 4.39 Å². The van der Waals surface area contributed by atoms with Crippen LogP contribution in [0.3, 0.4) is 0 Å². The highest BCUT2D eigenvalue weighted by Crippen LogP contribution is 2.31. The number of nitrogens with one attached hydrogen (secondary N) is 1. The smallest absolute Gasteiger partial charge is 0.268 e. The monoisotopic (exact) mass is 397 g/mol. The van der Waals surface area contributed by atoms with Crippen molar-refractivity contribution in [3.8, 4) is 10.4 Å². The van der Waals surface area contributed by atoms with E-state index in [0.717, 1.165) is 28.3 Å². The lowest BCUT2D eigenvalue weighted by Crippen LogP contribution is -2.09. The Morgan fingerprint density at radius 3 is 2.78 bits per heavy atom. The average molecular weight is 398 g/mol. The summed E-state index contributed by atoms with van der Waals surface area (Å²) < 4.78 is 13.7. The van der Waals surface area contributed by atoms with Crippen LogP contribution >= 0.6 is 23.1 Å². The van der Waals surface area contributed by atoms with Gasteiger partial charge in [0.1, 0.15) is 16.3 Å². The normalized spacial score (nSPS) is 11.1. The third-order valence-electron chi connectivity index (χ3n) is 4.03. The number of halogens is 1. The molecule has 4 rings (SSSR count). The Kier molecular flexibility index (Phi) is 5.31. The number of aryl methyl sites for hydroxylation is 1. The van der Waals surface area contributed by atoms with Gasteiger partial charge in [-0.05, 0) is 48.1 Å². The van der Waals surface area contributed by atoms with Crippen molar-refractivity contribution in [3.63, 3.8) is 0 Å². The molecule has 0 bridgehead atoms. The summed E-state index contributed by atoms with van der Waals surface area (Å²) in [5.41, 5.74) is 2.50. The Labute approximate surface area is 163 Å². The summed E-state index contributed by atoms with van der Waals surface area (Å²) in [6.07, 6.45) is 2.67. The van der Waals surface area contributed by atoms with Gasteiger partial charge in [0, 0.05) is 16.8 Å². The molecule has 0 aliphatic carbocycles. The molecule has 0 aliphatic heterocycles.